The molecule has 0 aliphatic carbocycles. The smallest absolute Gasteiger partial charge is 0.0697 e. The molecule has 0 fully saturated rings. The molecule has 86 valence electrons. The maximum Gasteiger partial charge on any atom is 0.0697 e. The Morgan fingerprint density at radius 1 is 1.53 bits per heavy atom. The highest BCUT2D eigenvalue weighted by Crippen LogP contribution is 2.25. The van der Waals surface area contributed by atoms with Gasteiger partial charge in [0.15, 0.2) is 0 Å². The lowest BCUT2D eigenvalue weighted by Crippen LogP contribution is -2.35. The molecule has 3 atom stereocenters. The van der Waals surface area contributed by atoms with Crippen molar-refractivity contribution >= 4 is 11.3 Å². The van der Waals surface area contributed by atoms with Gasteiger partial charge in [0.1, 0.15) is 0 Å². The van der Waals surface area contributed by atoms with Crippen LogP contribution in [0.3, 0.4) is 0 Å². The van der Waals surface area contributed by atoms with Crippen molar-refractivity contribution in [1.82, 2.24) is 0 Å². The van der Waals surface area contributed by atoms with Crippen LogP contribution in [0, 0.1) is 0 Å². The maximum absolute atomic E-state index is 9.90. The number of aliphatic hydroxyl groups excluding tert-OH is 1. The lowest BCUT2D eigenvalue weighted by molar-refractivity contribution is 0.124. The molecule has 0 aliphatic rings. The second-order valence-corrected chi connectivity index (χ2v) is 5.15. The topological polar surface area (TPSA) is 46.2 Å². The third-order valence-corrected chi connectivity index (χ3v) is 3.84. The summed E-state index contributed by atoms with van der Waals surface area (Å²) in [7, 11) is 0. The monoisotopic (exact) mass is 227 g/mol. The van der Waals surface area contributed by atoms with Crippen LogP contribution in [0.5, 0.6) is 0 Å². The van der Waals surface area contributed by atoms with Crippen molar-refractivity contribution in [2.45, 2.75) is 51.2 Å². The lowest BCUT2D eigenvalue weighted by Gasteiger charge is -2.21. The molecule has 3 heteroatoms. The molecule has 0 saturated heterocycles. The summed E-state index contributed by atoms with van der Waals surface area (Å²) in [5.74, 6) is 0.405. The van der Waals surface area contributed by atoms with Crippen molar-refractivity contribution in [3.05, 3.63) is 22.4 Å². The predicted octanol–water partition coefficient (Wildman–Crippen LogP) is 2.73. The Kier molecular flexibility index (Phi) is 5.29. The van der Waals surface area contributed by atoms with Crippen LogP contribution < -0.4 is 5.73 Å². The van der Waals surface area contributed by atoms with E-state index in [0.29, 0.717) is 5.92 Å². The third-order valence-electron chi connectivity index (χ3n) is 2.74. The normalized spacial score (nSPS) is 17.3. The lowest BCUT2D eigenvalue weighted by atomic mass is 9.96. The molecule has 15 heavy (non-hydrogen) atoms. The van der Waals surface area contributed by atoms with Gasteiger partial charge in [0.05, 0.1) is 6.10 Å². The van der Waals surface area contributed by atoms with Gasteiger partial charge in [0, 0.05) is 10.9 Å². The Morgan fingerprint density at radius 3 is 2.80 bits per heavy atom. The number of thiophene rings is 1. The van der Waals surface area contributed by atoms with Gasteiger partial charge >= 0.3 is 0 Å². The van der Waals surface area contributed by atoms with E-state index in [0.717, 1.165) is 19.3 Å². The summed E-state index contributed by atoms with van der Waals surface area (Å²) in [5.41, 5.74) is 5.88. The number of nitrogens with two attached hydrogens (primary N) is 1. The molecule has 0 radical (unpaired) electrons. The van der Waals surface area contributed by atoms with E-state index in [1.165, 1.54) is 4.88 Å². The summed E-state index contributed by atoms with van der Waals surface area (Å²) in [5, 5.41) is 12.0. The van der Waals surface area contributed by atoms with Gasteiger partial charge in [-0.1, -0.05) is 26.3 Å². The zero-order valence-corrected chi connectivity index (χ0v) is 10.3. The number of hydrogen-bond donors (Lipinski definition) is 2. The average Bonchev–Trinajstić information content (AvgIpc) is 2.70. The molecule has 0 amide bonds. The van der Waals surface area contributed by atoms with Crippen LogP contribution >= 0.6 is 11.3 Å². The molecule has 1 rings (SSSR count). The molecule has 3 unspecified atom stereocenters. The minimum absolute atomic E-state index is 0.0718. The minimum Gasteiger partial charge on any atom is -0.391 e. The van der Waals surface area contributed by atoms with Crippen molar-refractivity contribution in [3.63, 3.8) is 0 Å². The van der Waals surface area contributed by atoms with Gasteiger partial charge in [-0.15, -0.1) is 11.3 Å². The Morgan fingerprint density at radius 2 is 2.27 bits per heavy atom. The Labute approximate surface area is 96.1 Å². The Hall–Kier alpha value is -0.380. The van der Waals surface area contributed by atoms with Crippen LogP contribution in [0.25, 0.3) is 0 Å². The summed E-state index contributed by atoms with van der Waals surface area (Å²) < 4.78 is 0. The first-order valence-corrected chi connectivity index (χ1v) is 6.50. The van der Waals surface area contributed by atoms with Crippen molar-refractivity contribution in [3.8, 4) is 0 Å². The zero-order chi connectivity index (χ0) is 11.3. The van der Waals surface area contributed by atoms with Gasteiger partial charge in [-0.25, -0.2) is 0 Å². The highest BCUT2D eigenvalue weighted by Gasteiger charge is 2.18. The zero-order valence-electron chi connectivity index (χ0n) is 9.52. The van der Waals surface area contributed by atoms with Crippen molar-refractivity contribution < 1.29 is 5.11 Å². The van der Waals surface area contributed by atoms with E-state index in [-0.39, 0.29) is 12.1 Å². The van der Waals surface area contributed by atoms with E-state index in [1.54, 1.807) is 11.3 Å². The first kappa shape index (κ1) is 12.7. The van der Waals surface area contributed by atoms with E-state index in [1.807, 2.05) is 0 Å². The van der Waals surface area contributed by atoms with Crippen LogP contribution in [0.1, 0.15) is 43.9 Å². The average molecular weight is 227 g/mol. The number of aliphatic hydroxyl groups is 1. The Bertz CT molecular complexity index is 261. The molecule has 0 saturated carbocycles. The molecule has 3 N–H and O–H groups in total. The van der Waals surface area contributed by atoms with Crippen LogP contribution in [-0.2, 0) is 0 Å². The van der Waals surface area contributed by atoms with Gasteiger partial charge in [-0.2, -0.15) is 0 Å². The Balaban J connectivity index is 2.40. The van der Waals surface area contributed by atoms with Gasteiger partial charge in [-0.3, -0.25) is 0 Å². The first-order chi connectivity index (χ1) is 7.15. The SMILES string of the molecule is CCCC(N)C(O)CC(C)c1cccs1. The fourth-order valence-electron chi connectivity index (χ4n) is 1.75. The van der Waals surface area contributed by atoms with Crippen LogP contribution in [0.4, 0.5) is 0 Å². The molecule has 0 aromatic carbocycles. The first-order valence-electron chi connectivity index (χ1n) is 5.62. The summed E-state index contributed by atoms with van der Waals surface area (Å²) in [6.45, 7) is 4.24. The van der Waals surface area contributed by atoms with Crippen LogP contribution in [0.15, 0.2) is 17.5 Å². The highest BCUT2D eigenvalue weighted by molar-refractivity contribution is 7.10. The third kappa shape index (κ3) is 3.93. The summed E-state index contributed by atoms with van der Waals surface area (Å²) >= 11 is 1.75. The molecular weight excluding hydrogens is 206 g/mol. The summed E-state index contributed by atoms with van der Waals surface area (Å²) in [6, 6.07) is 4.10. The largest absolute Gasteiger partial charge is 0.391 e. The molecule has 2 nitrogen and oxygen atoms in total. The van der Waals surface area contributed by atoms with Gasteiger partial charge in [0.25, 0.3) is 0 Å². The van der Waals surface area contributed by atoms with Crippen molar-refractivity contribution in [2.75, 3.05) is 0 Å². The standard InChI is InChI=1S/C12H21NOS/c1-3-5-10(13)11(14)8-9(2)12-6-4-7-15-12/h4,6-7,9-11,14H,3,5,8,13H2,1-2H3. The van der Waals surface area contributed by atoms with Crippen molar-refractivity contribution in [1.29, 1.82) is 0 Å². The molecule has 0 bridgehead atoms. The van der Waals surface area contributed by atoms with Crippen LogP contribution in [0.2, 0.25) is 0 Å². The van der Waals surface area contributed by atoms with Crippen LogP contribution in [-0.4, -0.2) is 17.3 Å². The molecule has 1 aromatic heterocycles. The minimum atomic E-state index is -0.373. The fraction of sp³-hybridized carbons (Fsp3) is 0.667. The van der Waals surface area contributed by atoms with E-state index in [2.05, 4.69) is 31.4 Å². The van der Waals surface area contributed by atoms with Crippen molar-refractivity contribution in [2.24, 2.45) is 5.73 Å². The molecular formula is C12H21NOS. The number of hydrogen-bond acceptors (Lipinski definition) is 3. The van der Waals surface area contributed by atoms with E-state index >= 15 is 0 Å². The quantitative estimate of drug-likeness (QED) is 0.785. The fourth-order valence-corrected chi connectivity index (χ4v) is 2.55. The van der Waals surface area contributed by atoms with Gasteiger partial charge < -0.3 is 10.8 Å². The maximum atomic E-state index is 9.90. The van der Waals surface area contributed by atoms with E-state index < -0.39 is 0 Å². The van der Waals surface area contributed by atoms with Gasteiger partial charge in [0.2, 0.25) is 0 Å². The van der Waals surface area contributed by atoms with E-state index in [9.17, 15) is 5.11 Å². The molecule has 0 spiro atoms. The number of rotatable bonds is 6. The highest BCUT2D eigenvalue weighted by atomic mass is 32.1. The summed E-state index contributed by atoms with van der Waals surface area (Å²) in [4.78, 5) is 1.33. The van der Waals surface area contributed by atoms with E-state index in [4.69, 9.17) is 5.73 Å². The molecule has 1 heterocycles. The summed E-state index contributed by atoms with van der Waals surface area (Å²) in [6.07, 6.45) is 2.33. The second-order valence-electron chi connectivity index (χ2n) is 4.17. The van der Waals surface area contributed by atoms with Gasteiger partial charge in [-0.05, 0) is 30.2 Å². The predicted molar refractivity (Wildman–Crippen MR) is 66.2 cm³/mol. The second kappa shape index (κ2) is 6.26. The molecule has 1 aromatic rings. The molecule has 0 aliphatic heterocycles.